The molecule has 3 aromatic carbocycles. The summed E-state index contributed by atoms with van der Waals surface area (Å²) in [4.78, 5) is 0. The van der Waals surface area contributed by atoms with Crippen molar-refractivity contribution < 1.29 is 0 Å². The Morgan fingerprint density at radius 2 is 0.952 bits per heavy atom. The fourth-order valence-corrected chi connectivity index (χ4v) is 8.69. The standard InChI is InChI=1S/C40H57IS/c1-3-5-7-9-11-13-15-17-19-21-23-32-25-26-33-30-37-34(27-28-39-38(37)31-40(41)42-39)29-36(33)35(32)24-22-20-18-16-14-12-10-8-6-4-2/h25-31H,3-24H2,1-2H3. The number of fused-ring (bicyclic) bond motifs is 4. The van der Waals surface area contributed by atoms with E-state index in [0.717, 1.165) is 0 Å². The lowest BCUT2D eigenvalue weighted by atomic mass is 9.90. The second-order valence-corrected chi connectivity index (χ2v) is 15.9. The van der Waals surface area contributed by atoms with Crippen molar-refractivity contribution >= 4 is 65.6 Å². The van der Waals surface area contributed by atoms with Crippen LogP contribution in [0.2, 0.25) is 0 Å². The molecule has 0 nitrogen and oxygen atoms in total. The topological polar surface area (TPSA) is 0 Å². The molecule has 0 atom stereocenters. The van der Waals surface area contributed by atoms with Gasteiger partial charge in [0.05, 0.1) is 2.88 Å². The predicted octanol–water partition coefficient (Wildman–Crippen LogP) is 14.7. The number of hydrogen-bond donors (Lipinski definition) is 0. The molecule has 0 saturated heterocycles. The highest BCUT2D eigenvalue weighted by molar-refractivity contribution is 14.1. The van der Waals surface area contributed by atoms with Crippen molar-refractivity contribution in [2.45, 2.75) is 155 Å². The summed E-state index contributed by atoms with van der Waals surface area (Å²) < 4.78 is 2.79. The van der Waals surface area contributed by atoms with Crippen LogP contribution in [0.5, 0.6) is 0 Å². The quantitative estimate of drug-likeness (QED) is 0.0436. The van der Waals surface area contributed by atoms with Gasteiger partial charge in [0.2, 0.25) is 0 Å². The smallest absolute Gasteiger partial charge is 0.0666 e. The lowest BCUT2D eigenvalue weighted by Gasteiger charge is -2.15. The third kappa shape index (κ3) is 10.5. The zero-order valence-corrected chi connectivity index (χ0v) is 29.9. The molecule has 0 N–H and O–H groups in total. The normalized spacial score (nSPS) is 11.9. The lowest BCUT2D eigenvalue weighted by molar-refractivity contribution is 0.553. The van der Waals surface area contributed by atoms with Crippen LogP contribution in [0.25, 0.3) is 31.6 Å². The van der Waals surface area contributed by atoms with Crippen molar-refractivity contribution in [2.75, 3.05) is 0 Å². The Labute approximate surface area is 275 Å². The van der Waals surface area contributed by atoms with Crippen LogP contribution < -0.4 is 0 Å². The van der Waals surface area contributed by atoms with Gasteiger partial charge in [-0.3, -0.25) is 0 Å². The fraction of sp³-hybridized carbons (Fsp3) is 0.600. The van der Waals surface area contributed by atoms with Crippen LogP contribution in [0.1, 0.15) is 153 Å². The van der Waals surface area contributed by atoms with Gasteiger partial charge in [-0.1, -0.05) is 148 Å². The first-order chi connectivity index (χ1) is 20.7. The summed E-state index contributed by atoms with van der Waals surface area (Å²) in [5, 5.41) is 7.21. The maximum Gasteiger partial charge on any atom is 0.0666 e. The van der Waals surface area contributed by atoms with Crippen molar-refractivity contribution in [1.82, 2.24) is 0 Å². The van der Waals surface area contributed by atoms with Crippen LogP contribution in [0.4, 0.5) is 0 Å². The van der Waals surface area contributed by atoms with E-state index < -0.39 is 0 Å². The number of hydrogen-bond acceptors (Lipinski definition) is 1. The Morgan fingerprint density at radius 1 is 0.476 bits per heavy atom. The van der Waals surface area contributed by atoms with Gasteiger partial charge < -0.3 is 0 Å². The molecule has 0 fully saturated rings. The molecule has 0 spiro atoms. The zero-order chi connectivity index (χ0) is 29.4. The molecule has 0 amide bonds. The van der Waals surface area contributed by atoms with Gasteiger partial charge in [0.15, 0.2) is 0 Å². The monoisotopic (exact) mass is 696 g/mol. The Morgan fingerprint density at radius 3 is 1.55 bits per heavy atom. The Hall–Kier alpha value is -1.13. The number of thiophene rings is 1. The molecule has 0 aliphatic rings. The molecule has 0 bridgehead atoms. The summed E-state index contributed by atoms with van der Waals surface area (Å²) in [5.74, 6) is 0. The molecule has 0 aliphatic heterocycles. The van der Waals surface area contributed by atoms with Crippen LogP contribution in [0.15, 0.2) is 42.5 Å². The molecule has 2 heteroatoms. The second kappa shape index (κ2) is 19.3. The van der Waals surface area contributed by atoms with Gasteiger partial charge in [0.25, 0.3) is 0 Å². The summed E-state index contributed by atoms with van der Waals surface area (Å²) in [6.07, 6.45) is 30.6. The summed E-state index contributed by atoms with van der Waals surface area (Å²) in [5.41, 5.74) is 3.29. The molecular weight excluding hydrogens is 639 g/mol. The van der Waals surface area contributed by atoms with E-state index in [9.17, 15) is 0 Å². The molecule has 0 saturated carbocycles. The van der Waals surface area contributed by atoms with E-state index in [2.05, 4.69) is 78.9 Å². The number of rotatable bonds is 22. The van der Waals surface area contributed by atoms with E-state index in [4.69, 9.17) is 0 Å². The lowest BCUT2D eigenvalue weighted by Crippen LogP contribution is -1.98. The maximum atomic E-state index is 2.53. The highest BCUT2D eigenvalue weighted by atomic mass is 127. The molecule has 230 valence electrons. The van der Waals surface area contributed by atoms with Crippen LogP contribution in [0, 0.1) is 2.88 Å². The van der Waals surface area contributed by atoms with Gasteiger partial charge >= 0.3 is 0 Å². The fourth-order valence-electron chi connectivity index (χ4n) is 6.86. The molecule has 0 aliphatic carbocycles. The Balaban J connectivity index is 1.38. The first-order valence-corrected chi connectivity index (χ1v) is 19.7. The van der Waals surface area contributed by atoms with Crippen molar-refractivity contribution in [2.24, 2.45) is 0 Å². The average Bonchev–Trinajstić information content (AvgIpc) is 3.39. The van der Waals surface area contributed by atoms with Crippen molar-refractivity contribution in [3.8, 4) is 0 Å². The first-order valence-electron chi connectivity index (χ1n) is 17.8. The maximum absolute atomic E-state index is 2.53. The van der Waals surface area contributed by atoms with Gasteiger partial charge in [0.1, 0.15) is 0 Å². The average molecular weight is 697 g/mol. The van der Waals surface area contributed by atoms with Crippen LogP contribution in [-0.4, -0.2) is 0 Å². The van der Waals surface area contributed by atoms with Crippen LogP contribution >= 0.6 is 33.9 Å². The minimum absolute atomic E-state index is 1.24. The molecule has 4 aromatic rings. The van der Waals surface area contributed by atoms with E-state index in [1.54, 1.807) is 11.1 Å². The molecular formula is C40H57IS. The minimum Gasteiger partial charge on any atom is -0.129 e. The summed E-state index contributed by atoms with van der Waals surface area (Å²) in [6, 6.07) is 17.0. The van der Waals surface area contributed by atoms with Gasteiger partial charge in [-0.25, -0.2) is 0 Å². The van der Waals surface area contributed by atoms with Gasteiger partial charge in [-0.2, -0.15) is 0 Å². The second-order valence-electron chi connectivity index (χ2n) is 12.9. The van der Waals surface area contributed by atoms with Crippen LogP contribution in [0.3, 0.4) is 0 Å². The molecule has 1 aromatic heterocycles. The van der Waals surface area contributed by atoms with E-state index in [-0.39, 0.29) is 0 Å². The van der Waals surface area contributed by atoms with Gasteiger partial charge in [0, 0.05) is 10.1 Å². The van der Waals surface area contributed by atoms with Crippen molar-refractivity contribution in [3.05, 3.63) is 56.5 Å². The number of halogens is 1. The minimum atomic E-state index is 1.24. The third-order valence-electron chi connectivity index (χ3n) is 9.41. The van der Waals surface area contributed by atoms with Gasteiger partial charge in [-0.15, -0.1) is 11.3 Å². The number of unbranched alkanes of at least 4 members (excludes halogenated alkanes) is 18. The highest BCUT2D eigenvalue weighted by Crippen LogP contribution is 2.36. The van der Waals surface area contributed by atoms with E-state index in [0.29, 0.717) is 0 Å². The Kier molecular flexibility index (Phi) is 15.5. The third-order valence-corrected chi connectivity index (χ3v) is 11.3. The first kappa shape index (κ1) is 33.8. The van der Waals surface area contributed by atoms with Crippen molar-refractivity contribution in [3.63, 3.8) is 0 Å². The molecule has 4 rings (SSSR count). The molecule has 42 heavy (non-hydrogen) atoms. The summed E-state index contributed by atoms with van der Waals surface area (Å²) >= 11 is 4.38. The summed E-state index contributed by atoms with van der Waals surface area (Å²) in [7, 11) is 0. The van der Waals surface area contributed by atoms with E-state index in [1.165, 1.54) is 176 Å². The zero-order valence-electron chi connectivity index (χ0n) is 26.9. The number of benzene rings is 3. The highest BCUT2D eigenvalue weighted by Gasteiger charge is 2.12. The molecule has 0 radical (unpaired) electrons. The van der Waals surface area contributed by atoms with E-state index >= 15 is 0 Å². The largest absolute Gasteiger partial charge is 0.129 e. The van der Waals surface area contributed by atoms with Crippen LogP contribution in [-0.2, 0) is 12.8 Å². The van der Waals surface area contributed by atoms with Gasteiger partial charge in [-0.05, 0) is 105 Å². The predicted molar refractivity (Wildman–Crippen MR) is 201 cm³/mol. The summed E-state index contributed by atoms with van der Waals surface area (Å²) in [6.45, 7) is 4.62. The van der Waals surface area contributed by atoms with E-state index in [1.807, 2.05) is 11.3 Å². The van der Waals surface area contributed by atoms with Crippen molar-refractivity contribution in [1.29, 1.82) is 0 Å². The molecule has 0 unspecified atom stereocenters. The SMILES string of the molecule is CCCCCCCCCCCCc1ccc2cc3c(ccc4sc(I)cc43)cc2c1CCCCCCCCCCCC. The molecule has 1 heterocycles. The number of aryl methyl sites for hydroxylation is 2. The Bertz CT molecular complexity index is 1330.